The van der Waals surface area contributed by atoms with Gasteiger partial charge in [0.25, 0.3) is 0 Å². The zero-order chi connectivity index (χ0) is 16.8. The standard InChI is InChI=1S/C19H11ClO4/c20-14-8-4-3-5-10(14)13-9-15(21)24-19-16(13)17(22)11-6-1-2-7-12(11)18(19)23/h1-8,13H,9H2/t13-/m1/s1. The van der Waals surface area contributed by atoms with Crippen molar-refractivity contribution in [2.75, 3.05) is 0 Å². The lowest BCUT2D eigenvalue weighted by molar-refractivity contribution is -0.140. The number of benzene rings is 2. The van der Waals surface area contributed by atoms with Crippen molar-refractivity contribution < 1.29 is 19.1 Å². The number of Topliss-reactive ketones (excluding diaryl/α,β-unsaturated/α-hetero) is 2. The van der Waals surface area contributed by atoms with Crippen molar-refractivity contribution in [3.05, 3.63) is 81.6 Å². The first-order valence-electron chi connectivity index (χ1n) is 7.45. The summed E-state index contributed by atoms with van der Waals surface area (Å²) in [6.45, 7) is 0. The van der Waals surface area contributed by atoms with Gasteiger partial charge in [0, 0.05) is 22.1 Å². The molecule has 0 saturated carbocycles. The van der Waals surface area contributed by atoms with E-state index in [1.165, 1.54) is 0 Å². The number of carbonyl (C=O) groups excluding carboxylic acids is 3. The van der Waals surface area contributed by atoms with Crippen LogP contribution in [0, 0.1) is 0 Å². The van der Waals surface area contributed by atoms with E-state index in [0.717, 1.165) is 0 Å². The fraction of sp³-hybridized carbons (Fsp3) is 0.105. The van der Waals surface area contributed by atoms with E-state index in [9.17, 15) is 14.4 Å². The smallest absolute Gasteiger partial charge is 0.312 e. The number of hydrogen-bond donors (Lipinski definition) is 0. The van der Waals surface area contributed by atoms with Crippen LogP contribution in [0.1, 0.15) is 38.6 Å². The lowest BCUT2D eigenvalue weighted by Crippen LogP contribution is -2.32. The molecule has 1 aliphatic carbocycles. The molecule has 118 valence electrons. The Hall–Kier alpha value is -2.72. The van der Waals surface area contributed by atoms with Gasteiger partial charge < -0.3 is 4.74 Å². The normalized spacial score (nSPS) is 19.7. The summed E-state index contributed by atoms with van der Waals surface area (Å²) in [7, 11) is 0. The molecule has 0 bridgehead atoms. The number of carbonyl (C=O) groups is 3. The Balaban J connectivity index is 1.94. The Kier molecular flexibility index (Phi) is 3.36. The Morgan fingerprint density at radius 2 is 1.50 bits per heavy atom. The van der Waals surface area contributed by atoms with E-state index >= 15 is 0 Å². The zero-order valence-corrected chi connectivity index (χ0v) is 13.2. The Morgan fingerprint density at radius 1 is 0.875 bits per heavy atom. The SMILES string of the molecule is O=C1C[C@H](c2ccccc2Cl)C2=C(O1)C(=O)c1ccccc1C2=O. The maximum Gasteiger partial charge on any atom is 0.312 e. The van der Waals surface area contributed by atoms with E-state index in [4.69, 9.17) is 16.3 Å². The van der Waals surface area contributed by atoms with Gasteiger partial charge in [0.2, 0.25) is 5.78 Å². The number of ketones is 2. The summed E-state index contributed by atoms with van der Waals surface area (Å²) in [4.78, 5) is 37.7. The third-order valence-corrected chi connectivity index (χ3v) is 4.67. The van der Waals surface area contributed by atoms with E-state index < -0.39 is 17.7 Å². The van der Waals surface area contributed by atoms with Crippen molar-refractivity contribution in [1.82, 2.24) is 0 Å². The van der Waals surface area contributed by atoms with Crippen molar-refractivity contribution in [3.63, 3.8) is 0 Å². The molecule has 5 heteroatoms. The average Bonchev–Trinajstić information content (AvgIpc) is 2.59. The highest BCUT2D eigenvalue weighted by atomic mass is 35.5. The first kappa shape index (κ1) is 14.8. The molecule has 0 radical (unpaired) electrons. The fourth-order valence-electron chi connectivity index (χ4n) is 3.24. The summed E-state index contributed by atoms with van der Waals surface area (Å²) < 4.78 is 5.15. The predicted octanol–water partition coefficient (Wildman–Crippen LogP) is 3.70. The highest BCUT2D eigenvalue weighted by Crippen LogP contribution is 2.42. The lowest BCUT2D eigenvalue weighted by Gasteiger charge is -2.30. The molecule has 2 aliphatic rings. The molecule has 0 amide bonds. The monoisotopic (exact) mass is 338 g/mol. The van der Waals surface area contributed by atoms with Crippen LogP contribution in [-0.4, -0.2) is 17.5 Å². The van der Waals surface area contributed by atoms with E-state index in [-0.39, 0.29) is 29.1 Å². The maximum absolute atomic E-state index is 13.0. The van der Waals surface area contributed by atoms with Crippen LogP contribution in [0.25, 0.3) is 0 Å². The number of esters is 1. The number of allylic oxidation sites excluding steroid dienone is 2. The van der Waals surface area contributed by atoms with Crippen molar-refractivity contribution in [2.24, 2.45) is 0 Å². The summed E-state index contributed by atoms with van der Waals surface area (Å²) in [5, 5.41) is 0.447. The van der Waals surface area contributed by atoms with Gasteiger partial charge in [0.05, 0.1) is 12.0 Å². The summed E-state index contributed by atoms with van der Waals surface area (Å²) in [6.07, 6.45) is -0.0241. The Morgan fingerprint density at radius 3 is 2.21 bits per heavy atom. The van der Waals surface area contributed by atoms with Crippen LogP contribution in [0.5, 0.6) is 0 Å². The van der Waals surface area contributed by atoms with Gasteiger partial charge in [-0.05, 0) is 11.6 Å². The maximum atomic E-state index is 13.0. The molecule has 24 heavy (non-hydrogen) atoms. The average molecular weight is 339 g/mol. The third kappa shape index (κ3) is 2.11. The molecule has 2 aromatic rings. The molecule has 4 nitrogen and oxygen atoms in total. The third-order valence-electron chi connectivity index (χ3n) is 4.33. The molecule has 1 atom stereocenters. The molecule has 1 aliphatic heterocycles. The Bertz CT molecular complexity index is 942. The van der Waals surface area contributed by atoms with Crippen LogP contribution in [0.2, 0.25) is 5.02 Å². The van der Waals surface area contributed by atoms with Gasteiger partial charge in [-0.3, -0.25) is 14.4 Å². The first-order chi connectivity index (χ1) is 11.6. The summed E-state index contributed by atoms with van der Waals surface area (Å²) in [6, 6.07) is 13.6. The molecule has 2 aromatic carbocycles. The zero-order valence-electron chi connectivity index (χ0n) is 12.4. The predicted molar refractivity (Wildman–Crippen MR) is 87.0 cm³/mol. The number of hydrogen-bond acceptors (Lipinski definition) is 4. The van der Waals surface area contributed by atoms with E-state index in [1.54, 1.807) is 48.5 Å². The molecule has 0 fully saturated rings. The van der Waals surface area contributed by atoms with Gasteiger partial charge in [0.1, 0.15) is 0 Å². The second-order valence-electron chi connectivity index (χ2n) is 5.70. The summed E-state index contributed by atoms with van der Waals surface area (Å²) in [5.74, 6) is -2.03. The van der Waals surface area contributed by atoms with Crippen LogP contribution >= 0.6 is 11.6 Å². The summed E-state index contributed by atoms with van der Waals surface area (Å²) >= 11 is 6.25. The molecule has 0 unspecified atom stereocenters. The van der Waals surface area contributed by atoms with Crippen LogP contribution in [0.3, 0.4) is 0 Å². The number of ether oxygens (including phenoxy) is 1. The molecule has 0 saturated heterocycles. The number of rotatable bonds is 1. The molecule has 0 N–H and O–H groups in total. The first-order valence-corrected chi connectivity index (χ1v) is 7.83. The van der Waals surface area contributed by atoms with Crippen LogP contribution < -0.4 is 0 Å². The molecular weight excluding hydrogens is 328 g/mol. The number of halogens is 1. The summed E-state index contributed by atoms with van der Waals surface area (Å²) in [5.41, 5.74) is 1.44. The molecule has 4 rings (SSSR count). The lowest BCUT2D eigenvalue weighted by atomic mass is 9.77. The minimum Gasteiger partial charge on any atom is -0.422 e. The van der Waals surface area contributed by atoms with Gasteiger partial charge in [-0.2, -0.15) is 0 Å². The Labute approximate surface area is 142 Å². The van der Waals surface area contributed by atoms with E-state index in [1.807, 2.05) is 0 Å². The number of fused-ring (bicyclic) bond motifs is 1. The largest absolute Gasteiger partial charge is 0.422 e. The fourth-order valence-corrected chi connectivity index (χ4v) is 3.50. The van der Waals surface area contributed by atoms with Gasteiger partial charge in [0.15, 0.2) is 11.5 Å². The van der Waals surface area contributed by atoms with Gasteiger partial charge in [-0.15, -0.1) is 0 Å². The van der Waals surface area contributed by atoms with Crippen LogP contribution in [-0.2, 0) is 9.53 Å². The van der Waals surface area contributed by atoms with Gasteiger partial charge in [-0.25, -0.2) is 0 Å². The van der Waals surface area contributed by atoms with E-state index in [0.29, 0.717) is 16.1 Å². The second kappa shape index (κ2) is 5.42. The topological polar surface area (TPSA) is 60.4 Å². The quantitative estimate of drug-likeness (QED) is 0.744. The minimum absolute atomic E-state index is 0.0241. The highest BCUT2D eigenvalue weighted by molar-refractivity contribution is 6.32. The molecular formula is C19H11ClO4. The van der Waals surface area contributed by atoms with Crippen molar-refractivity contribution in [3.8, 4) is 0 Å². The second-order valence-corrected chi connectivity index (χ2v) is 6.11. The van der Waals surface area contributed by atoms with Crippen molar-refractivity contribution in [1.29, 1.82) is 0 Å². The van der Waals surface area contributed by atoms with Crippen LogP contribution in [0.15, 0.2) is 59.9 Å². The van der Waals surface area contributed by atoms with Gasteiger partial charge >= 0.3 is 5.97 Å². The minimum atomic E-state index is -0.584. The van der Waals surface area contributed by atoms with E-state index in [2.05, 4.69) is 0 Å². The molecule has 0 spiro atoms. The molecule has 0 aromatic heterocycles. The van der Waals surface area contributed by atoms with Crippen LogP contribution in [0.4, 0.5) is 0 Å². The van der Waals surface area contributed by atoms with Crippen molar-refractivity contribution in [2.45, 2.75) is 12.3 Å². The van der Waals surface area contributed by atoms with Crippen molar-refractivity contribution >= 4 is 29.1 Å². The van der Waals surface area contributed by atoms with Gasteiger partial charge in [-0.1, -0.05) is 54.1 Å². The molecule has 1 heterocycles. The highest BCUT2D eigenvalue weighted by Gasteiger charge is 2.43.